The van der Waals surface area contributed by atoms with Crippen LogP contribution in [-0.4, -0.2) is 25.2 Å². The molecule has 2 aliphatic rings. The van der Waals surface area contributed by atoms with Gasteiger partial charge >= 0.3 is 0 Å². The number of aromatic nitrogens is 4. The summed E-state index contributed by atoms with van der Waals surface area (Å²) in [5.41, 5.74) is 4.27. The fraction of sp³-hybridized carbons (Fsp3) is 0.458. The second-order valence-corrected chi connectivity index (χ2v) is 9.54. The SMILES string of the molecule is CC(C)(C)n1nc(C2CC2)cc1C(=O)Nc1ccc(-c2cn3c(n2)CCCC3)cc1. The van der Waals surface area contributed by atoms with Crippen LogP contribution in [0.15, 0.2) is 36.5 Å². The molecule has 5 rings (SSSR count). The first-order valence-corrected chi connectivity index (χ1v) is 11.0. The van der Waals surface area contributed by atoms with Crippen molar-refractivity contribution in [2.45, 2.75) is 70.9 Å². The lowest BCUT2D eigenvalue weighted by Crippen LogP contribution is -2.29. The molecule has 0 atom stereocenters. The summed E-state index contributed by atoms with van der Waals surface area (Å²) in [6, 6.07) is 9.92. The van der Waals surface area contributed by atoms with Crippen molar-refractivity contribution in [3.63, 3.8) is 0 Å². The second-order valence-electron chi connectivity index (χ2n) is 9.54. The number of hydrogen-bond donors (Lipinski definition) is 1. The van der Waals surface area contributed by atoms with E-state index >= 15 is 0 Å². The van der Waals surface area contributed by atoms with Crippen LogP contribution in [0, 0.1) is 0 Å². The summed E-state index contributed by atoms with van der Waals surface area (Å²) >= 11 is 0. The van der Waals surface area contributed by atoms with Crippen LogP contribution in [0.1, 0.15) is 74.4 Å². The quantitative estimate of drug-likeness (QED) is 0.669. The van der Waals surface area contributed by atoms with Gasteiger partial charge in [0.15, 0.2) is 0 Å². The zero-order valence-electron chi connectivity index (χ0n) is 18.0. The molecular formula is C24H29N5O. The Labute approximate surface area is 177 Å². The highest BCUT2D eigenvalue weighted by Gasteiger charge is 2.31. The second kappa shape index (κ2) is 7.11. The van der Waals surface area contributed by atoms with Crippen molar-refractivity contribution in [3.8, 4) is 11.3 Å². The van der Waals surface area contributed by atoms with Crippen LogP contribution in [0.4, 0.5) is 5.69 Å². The predicted molar refractivity (Wildman–Crippen MR) is 118 cm³/mol. The average Bonchev–Trinajstić information content (AvgIpc) is 3.30. The fourth-order valence-corrected chi connectivity index (χ4v) is 4.12. The number of rotatable bonds is 4. The number of benzene rings is 1. The van der Waals surface area contributed by atoms with E-state index in [4.69, 9.17) is 10.1 Å². The first-order valence-electron chi connectivity index (χ1n) is 11.0. The van der Waals surface area contributed by atoms with Crippen LogP contribution in [0.25, 0.3) is 11.3 Å². The van der Waals surface area contributed by atoms with Gasteiger partial charge in [-0.05, 0) is 64.7 Å². The Morgan fingerprint density at radius 1 is 1.13 bits per heavy atom. The van der Waals surface area contributed by atoms with Crippen molar-refractivity contribution in [1.82, 2.24) is 19.3 Å². The summed E-state index contributed by atoms with van der Waals surface area (Å²) in [5, 5.41) is 7.78. The molecule has 6 nitrogen and oxygen atoms in total. The molecule has 1 saturated carbocycles. The number of nitrogens with zero attached hydrogens (tertiary/aromatic N) is 4. The van der Waals surface area contributed by atoms with Crippen LogP contribution in [0.3, 0.4) is 0 Å². The number of aryl methyl sites for hydroxylation is 2. The molecule has 2 aromatic heterocycles. The van der Waals surface area contributed by atoms with E-state index in [1.807, 2.05) is 35.0 Å². The molecule has 3 heterocycles. The van der Waals surface area contributed by atoms with Gasteiger partial charge in [0.25, 0.3) is 5.91 Å². The van der Waals surface area contributed by atoms with Gasteiger partial charge in [0.1, 0.15) is 11.5 Å². The lowest BCUT2D eigenvalue weighted by molar-refractivity contribution is 0.100. The van der Waals surface area contributed by atoms with E-state index in [2.05, 4.69) is 36.9 Å². The summed E-state index contributed by atoms with van der Waals surface area (Å²) in [4.78, 5) is 17.8. The zero-order valence-corrected chi connectivity index (χ0v) is 18.0. The number of nitrogens with one attached hydrogen (secondary N) is 1. The third-order valence-electron chi connectivity index (χ3n) is 5.94. The topological polar surface area (TPSA) is 64.7 Å². The molecule has 1 aromatic carbocycles. The predicted octanol–water partition coefficient (Wildman–Crippen LogP) is 4.97. The molecule has 1 amide bonds. The van der Waals surface area contributed by atoms with Gasteiger partial charge in [0, 0.05) is 36.3 Å². The van der Waals surface area contributed by atoms with Crippen molar-refractivity contribution < 1.29 is 4.79 Å². The molecule has 1 fully saturated rings. The molecule has 0 spiro atoms. The molecule has 1 aliphatic heterocycles. The third-order valence-corrected chi connectivity index (χ3v) is 5.94. The lowest BCUT2D eigenvalue weighted by atomic mass is 10.1. The van der Waals surface area contributed by atoms with Gasteiger partial charge in [-0.15, -0.1) is 0 Å². The Bertz CT molecular complexity index is 1060. The number of carbonyl (C=O) groups excluding carboxylic acids is 1. The number of fused-ring (bicyclic) bond motifs is 1. The molecule has 0 saturated heterocycles. The van der Waals surface area contributed by atoms with Crippen LogP contribution < -0.4 is 5.32 Å². The summed E-state index contributed by atoms with van der Waals surface area (Å²) in [6.07, 6.45) is 7.97. The minimum Gasteiger partial charge on any atom is -0.334 e. The van der Waals surface area contributed by atoms with Gasteiger partial charge in [-0.1, -0.05) is 12.1 Å². The molecule has 6 heteroatoms. The highest BCUT2D eigenvalue weighted by Crippen LogP contribution is 2.40. The fourth-order valence-electron chi connectivity index (χ4n) is 4.12. The van der Waals surface area contributed by atoms with E-state index in [9.17, 15) is 4.79 Å². The van der Waals surface area contributed by atoms with Crippen LogP contribution >= 0.6 is 0 Å². The van der Waals surface area contributed by atoms with Crippen molar-refractivity contribution in [3.05, 3.63) is 53.7 Å². The molecule has 1 N–H and O–H groups in total. The highest BCUT2D eigenvalue weighted by molar-refractivity contribution is 6.03. The molecule has 0 radical (unpaired) electrons. The minimum absolute atomic E-state index is 0.116. The van der Waals surface area contributed by atoms with Crippen molar-refractivity contribution >= 4 is 11.6 Å². The Kier molecular flexibility index (Phi) is 4.53. The normalized spacial score (nSPS) is 16.4. The van der Waals surface area contributed by atoms with Crippen molar-refractivity contribution in [1.29, 1.82) is 0 Å². The largest absolute Gasteiger partial charge is 0.334 e. The van der Waals surface area contributed by atoms with Gasteiger partial charge in [0.05, 0.1) is 16.9 Å². The monoisotopic (exact) mass is 403 g/mol. The number of amides is 1. The molecule has 3 aromatic rings. The zero-order chi connectivity index (χ0) is 20.9. The minimum atomic E-state index is -0.246. The smallest absolute Gasteiger partial charge is 0.273 e. The van der Waals surface area contributed by atoms with Crippen LogP contribution in [-0.2, 0) is 18.5 Å². The molecule has 1 aliphatic carbocycles. The molecule has 156 valence electrons. The molecular weight excluding hydrogens is 374 g/mol. The first-order chi connectivity index (χ1) is 14.4. The molecule has 0 bridgehead atoms. The van der Waals surface area contributed by atoms with E-state index in [-0.39, 0.29) is 11.4 Å². The summed E-state index contributed by atoms with van der Waals surface area (Å²) in [5.74, 6) is 1.57. The number of carbonyl (C=O) groups is 1. The van der Waals surface area contributed by atoms with Gasteiger partial charge in [-0.25, -0.2) is 4.98 Å². The number of imidazole rings is 1. The van der Waals surface area contributed by atoms with Crippen LogP contribution in [0.2, 0.25) is 0 Å². The van der Waals surface area contributed by atoms with E-state index in [0.717, 1.165) is 35.6 Å². The maximum absolute atomic E-state index is 13.0. The number of anilines is 1. The maximum atomic E-state index is 13.0. The summed E-state index contributed by atoms with van der Waals surface area (Å²) in [7, 11) is 0. The van der Waals surface area contributed by atoms with E-state index in [0.29, 0.717) is 11.6 Å². The van der Waals surface area contributed by atoms with Gasteiger partial charge < -0.3 is 9.88 Å². The Morgan fingerprint density at radius 2 is 1.90 bits per heavy atom. The molecule has 0 unspecified atom stereocenters. The van der Waals surface area contributed by atoms with E-state index in [1.165, 1.54) is 31.5 Å². The Morgan fingerprint density at radius 3 is 2.57 bits per heavy atom. The highest BCUT2D eigenvalue weighted by atomic mass is 16.2. The molecule has 30 heavy (non-hydrogen) atoms. The first kappa shape index (κ1) is 19.1. The van der Waals surface area contributed by atoms with Crippen LogP contribution in [0.5, 0.6) is 0 Å². The van der Waals surface area contributed by atoms with Gasteiger partial charge in [0.2, 0.25) is 0 Å². The lowest BCUT2D eigenvalue weighted by Gasteiger charge is -2.22. The summed E-state index contributed by atoms with van der Waals surface area (Å²) in [6.45, 7) is 7.28. The van der Waals surface area contributed by atoms with E-state index in [1.54, 1.807) is 0 Å². The number of hydrogen-bond acceptors (Lipinski definition) is 3. The third kappa shape index (κ3) is 3.66. The summed E-state index contributed by atoms with van der Waals surface area (Å²) < 4.78 is 4.12. The maximum Gasteiger partial charge on any atom is 0.273 e. The van der Waals surface area contributed by atoms with Gasteiger partial charge in [-0.2, -0.15) is 5.10 Å². The Hall–Kier alpha value is -2.89. The van der Waals surface area contributed by atoms with E-state index < -0.39 is 0 Å². The average molecular weight is 404 g/mol. The van der Waals surface area contributed by atoms with Crippen molar-refractivity contribution in [2.24, 2.45) is 0 Å². The Balaban J connectivity index is 1.35. The van der Waals surface area contributed by atoms with Crippen molar-refractivity contribution in [2.75, 3.05) is 5.32 Å². The standard InChI is InChI=1S/C24H29N5O/c1-24(2,3)29-21(14-19(27-29)16-7-8-16)23(30)25-18-11-9-17(10-12-18)20-15-28-13-5-4-6-22(28)26-20/h9-12,14-16H,4-8,13H2,1-3H3,(H,25,30). The van der Waals surface area contributed by atoms with Gasteiger partial charge in [-0.3, -0.25) is 9.48 Å².